The maximum absolute atomic E-state index is 13.4. The van der Waals surface area contributed by atoms with E-state index in [0.717, 1.165) is 31.4 Å². The van der Waals surface area contributed by atoms with Gasteiger partial charge in [0.2, 0.25) is 11.8 Å². The van der Waals surface area contributed by atoms with E-state index < -0.39 is 6.04 Å². The summed E-state index contributed by atoms with van der Waals surface area (Å²) >= 11 is 0. The largest absolute Gasteiger partial charge is 0.358 e. The van der Waals surface area contributed by atoms with Crippen LogP contribution in [0.1, 0.15) is 52.1 Å². The van der Waals surface area contributed by atoms with Crippen LogP contribution < -0.4 is 10.6 Å². The molecule has 2 heterocycles. The summed E-state index contributed by atoms with van der Waals surface area (Å²) in [6, 6.07) is 5.26. The highest BCUT2D eigenvalue weighted by Crippen LogP contribution is 2.28. The number of anilines is 1. The first-order valence-corrected chi connectivity index (χ1v) is 9.57. The molecule has 0 radical (unpaired) electrons. The molecule has 1 aliphatic heterocycles. The molecule has 2 amide bonds. The Labute approximate surface area is 155 Å². The van der Waals surface area contributed by atoms with E-state index in [0.29, 0.717) is 18.4 Å². The van der Waals surface area contributed by atoms with Crippen LogP contribution in [0.25, 0.3) is 0 Å². The van der Waals surface area contributed by atoms with Gasteiger partial charge in [-0.2, -0.15) is 0 Å². The maximum Gasteiger partial charge on any atom is 0.246 e. The fourth-order valence-electron chi connectivity index (χ4n) is 3.41. The van der Waals surface area contributed by atoms with Gasteiger partial charge in [0.25, 0.3) is 0 Å². The van der Waals surface area contributed by atoms with Gasteiger partial charge in [0.1, 0.15) is 17.9 Å². The van der Waals surface area contributed by atoms with E-state index in [-0.39, 0.29) is 23.3 Å². The molecule has 6 heteroatoms. The molecule has 0 spiro atoms. The molecule has 1 saturated heterocycles. The molecular weight excluding hydrogens is 328 g/mol. The number of hydrogen-bond acceptors (Lipinski definition) is 4. The van der Waals surface area contributed by atoms with E-state index in [2.05, 4.69) is 15.6 Å². The number of nitrogens with one attached hydrogen (secondary N) is 2. The molecule has 1 aliphatic carbocycles. The van der Waals surface area contributed by atoms with Crippen molar-refractivity contribution < 1.29 is 9.59 Å². The van der Waals surface area contributed by atoms with Gasteiger partial charge < -0.3 is 15.5 Å². The van der Waals surface area contributed by atoms with Crippen molar-refractivity contribution in [2.75, 3.05) is 11.9 Å². The van der Waals surface area contributed by atoms with E-state index in [4.69, 9.17) is 0 Å². The minimum absolute atomic E-state index is 0.000287. The summed E-state index contributed by atoms with van der Waals surface area (Å²) in [5.74, 6) is 0.672. The normalized spacial score (nSPS) is 21.4. The van der Waals surface area contributed by atoms with Crippen LogP contribution in [0.5, 0.6) is 0 Å². The number of likely N-dealkylation sites (tertiary alicyclic amines) is 1. The van der Waals surface area contributed by atoms with Crippen molar-refractivity contribution in [1.82, 2.24) is 15.2 Å². The van der Waals surface area contributed by atoms with Crippen LogP contribution >= 0.6 is 0 Å². The van der Waals surface area contributed by atoms with Gasteiger partial charge in [0.05, 0.1) is 0 Å². The number of carbonyl (C=O) groups is 2. The van der Waals surface area contributed by atoms with Crippen molar-refractivity contribution in [2.45, 2.75) is 71.5 Å². The summed E-state index contributed by atoms with van der Waals surface area (Å²) in [5, 5.41) is 6.36. The second kappa shape index (κ2) is 7.25. The Morgan fingerprint density at radius 1 is 1.23 bits per heavy atom. The predicted molar refractivity (Wildman–Crippen MR) is 102 cm³/mol. The smallest absolute Gasteiger partial charge is 0.246 e. The first-order chi connectivity index (χ1) is 12.3. The van der Waals surface area contributed by atoms with E-state index >= 15 is 0 Å². The lowest BCUT2D eigenvalue weighted by molar-refractivity contribution is -0.140. The van der Waals surface area contributed by atoms with Gasteiger partial charge in [-0.15, -0.1) is 0 Å². The van der Waals surface area contributed by atoms with Gasteiger partial charge in [-0.05, 0) is 50.2 Å². The van der Waals surface area contributed by atoms with Crippen molar-refractivity contribution in [3.8, 4) is 0 Å². The first-order valence-electron chi connectivity index (χ1n) is 9.57. The van der Waals surface area contributed by atoms with Crippen molar-refractivity contribution in [1.29, 1.82) is 0 Å². The zero-order chi connectivity index (χ0) is 18.9. The van der Waals surface area contributed by atoms with E-state index in [1.807, 2.05) is 45.9 Å². The Hall–Kier alpha value is -2.11. The average molecular weight is 358 g/mol. The highest BCUT2D eigenvalue weighted by atomic mass is 16.2. The lowest BCUT2D eigenvalue weighted by Gasteiger charge is -2.35. The standard InChI is InChI=1S/C20H30N4O2/c1-13-7-5-9-16(21-13)23-17(20(2,3)4)19(26)24-12-6-8-15(24)18(25)22-14-10-11-14/h5,7,9,14-15,17H,6,8,10-12H2,1-4H3,(H,21,23)(H,22,25)/t15-,17?/m0/s1. The quantitative estimate of drug-likeness (QED) is 0.848. The topological polar surface area (TPSA) is 74.3 Å². The van der Waals surface area contributed by atoms with Crippen LogP contribution in [0.3, 0.4) is 0 Å². The zero-order valence-corrected chi connectivity index (χ0v) is 16.2. The Morgan fingerprint density at radius 2 is 1.96 bits per heavy atom. The maximum atomic E-state index is 13.4. The van der Waals surface area contributed by atoms with Gasteiger partial charge in [-0.25, -0.2) is 4.98 Å². The molecule has 1 aromatic heterocycles. The lowest BCUT2D eigenvalue weighted by atomic mass is 9.85. The fourth-order valence-corrected chi connectivity index (χ4v) is 3.41. The summed E-state index contributed by atoms with van der Waals surface area (Å²) in [6.07, 6.45) is 3.72. The monoisotopic (exact) mass is 358 g/mol. The number of aromatic nitrogens is 1. The van der Waals surface area contributed by atoms with Gasteiger partial charge >= 0.3 is 0 Å². The van der Waals surface area contributed by atoms with Crippen LogP contribution in [-0.4, -0.2) is 46.4 Å². The second-order valence-corrected chi connectivity index (χ2v) is 8.58. The van der Waals surface area contributed by atoms with Crippen molar-refractivity contribution in [3.05, 3.63) is 23.9 Å². The number of amides is 2. The lowest BCUT2D eigenvalue weighted by Crippen LogP contribution is -2.54. The average Bonchev–Trinajstić information content (AvgIpc) is 3.23. The molecule has 1 aromatic rings. The molecule has 2 aliphatic rings. The minimum Gasteiger partial charge on any atom is -0.358 e. The summed E-state index contributed by atoms with van der Waals surface area (Å²) < 4.78 is 0. The third-order valence-corrected chi connectivity index (χ3v) is 5.06. The second-order valence-electron chi connectivity index (χ2n) is 8.58. The zero-order valence-electron chi connectivity index (χ0n) is 16.2. The van der Waals surface area contributed by atoms with Crippen LogP contribution in [0.4, 0.5) is 5.82 Å². The summed E-state index contributed by atoms with van der Waals surface area (Å²) in [6.45, 7) is 8.67. The third kappa shape index (κ3) is 4.34. The van der Waals surface area contributed by atoms with E-state index in [9.17, 15) is 9.59 Å². The first kappa shape index (κ1) is 18.7. The molecule has 3 rings (SSSR count). The van der Waals surface area contributed by atoms with E-state index in [1.54, 1.807) is 4.90 Å². The van der Waals surface area contributed by atoms with Crippen molar-refractivity contribution in [3.63, 3.8) is 0 Å². The van der Waals surface area contributed by atoms with Gasteiger partial charge in [0, 0.05) is 18.3 Å². The molecule has 2 atom stereocenters. The summed E-state index contributed by atoms with van der Waals surface area (Å²) in [4.78, 5) is 32.1. The van der Waals surface area contributed by atoms with Crippen molar-refractivity contribution in [2.24, 2.45) is 5.41 Å². The minimum atomic E-state index is -0.439. The van der Waals surface area contributed by atoms with Crippen molar-refractivity contribution >= 4 is 17.6 Å². The Morgan fingerprint density at radius 3 is 2.58 bits per heavy atom. The Balaban J connectivity index is 1.76. The summed E-state index contributed by atoms with van der Waals surface area (Å²) in [5.41, 5.74) is 0.598. The highest BCUT2D eigenvalue weighted by Gasteiger charge is 2.42. The van der Waals surface area contributed by atoms with E-state index in [1.165, 1.54) is 0 Å². The van der Waals surface area contributed by atoms with Gasteiger partial charge in [-0.3, -0.25) is 9.59 Å². The molecule has 2 N–H and O–H groups in total. The molecule has 6 nitrogen and oxygen atoms in total. The molecule has 0 bridgehead atoms. The van der Waals surface area contributed by atoms with Crippen LogP contribution in [0.15, 0.2) is 18.2 Å². The Bertz CT molecular complexity index is 679. The molecule has 142 valence electrons. The van der Waals surface area contributed by atoms with Crippen LogP contribution in [0.2, 0.25) is 0 Å². The Kier molecular flexibility index (Phi) is 5.21. The van der Waals surface area contributed by atoms with Crippen LogP contribution in [-0.2, 0) is 9.59 Å². The van der Waals surface area contributed by atoms with Gasteiger partial charge in [-0.1, -0.05) is 26.8 Å². The van der Waals surface area contributed by atoms with Gasteiger partial charge in [0.15, 0.2) is 0 Å². The highest BCUT2D eigenvalue weighted by molar-refractivity contribution is 5.92. The molecule has 26 heavy (non-hydrogen) atoms. The number of nitrogens with zero attached hydrogens (tertiary/aromatic N) is 2. The number of rotatable bonds is 5. The molecule has 1 unspecified atom stereocenters. The fraction of sp³-hybridized carbons (Fsp3) is 0.650. The number of carbonyl (C=O) groups excluding carboxylic acids is 2. The third-order valence-electron chi connectivity index (χ3n) is 5.06. The number of aryl methyl sites for hydroxylation is 1. The SMILES string of the molecule is Cc1cccc(NC(C(=O)N2CCC[C@H]2C(=O)NC2CC2)C(C)(C)C)n1. The predicted octanol–water partition coefficient (Wildman–Crippen LogP) is 2.49. The molecule has 2 fully saturated rings. The van der Waals surface area contributed by atoms with Crippen LogP contribution in [0, 0.1) is 12.3 Å². The number of hydrogen-bond donors (Lipinski definition) is 2. The summed E-state index contributed by atoms with van der Waals surface area (Å²) in [7, 11) is 0. The molecule has 0 aromatic carbocycles. The molecule has 1 saturated carbocycles. The number of pyridine rings is 1. The molecular formula is C20H30N4O2.